The number of rotatable bonds is 7. The van der Waals surface area contributed by atoms with Crippen LogP contribution in [0.4, 0.5) is 5.69 Å². The van der Waals surface area contributed by atoms with Gasteiger partial charge in [0.2, 0.25) is 0 Å². The quantitative estimate of drug-likeness (QED) is 0.762. The summed E-state index contributed by atoms with van der Waals surface area (Å²) in [4.78, 5) is 12.2. The van der Waals surface area contributed by atoms with Crippen LogP contribution in [-0.2, 0) is 6.54 Å². The lowest BCUT2D eigenvalue weighted by atomic mass is 10.2. The van der Waals surface area contributed by atoms with E-state index < -0.39 is 5.97 Å². The Hall–Kier alpha value is -2.02. The lowest BCUT2D eigenvalue weighted by molar-refractivity contribution is 0.0694. The third-order valence-electron chi connectivity index (χ3n) is 2.67. The second-order valence-electron chi connectivity index (χ2n) is 4.01. The Labute approximate surface area is 121 Å². The Morgan fingerprint density at radius 3 is 3.00 bits per heavy atom. The molecule has 2 N–H and O–H groups in total. The highest BCUT2D eigenvalue weighted by atomic mass is 32.2. The zero-order valence-electron chi connectivity index (χ0n) is 11.1. The molecule has 106 valence electrons. The van der Waals surface area contributed by atoms with Gasteiger partial charge in [0.1, 0.15) is 0 Å². The van der Waals surface area contributed by atoms with Crippen molar-refractivity contribution in [2.45, 2.75) is 18.4 Å². The van der Waals surface area contributed by atoms with Gasteiger partial charge in [-0.3, -0.25) is 4.68 Å². The number of benzene rings is 1. The second kappa shape index (κ2) is 6.95. The largest absolute Gasteiger partial charge is 0.478 e. The molecule has 0 spiro atoms. The molecule has 0 aliphatic heterocycles. The van der Waals surface area contributed by atoms with Gasteiger partial charge in [-0.2, -0.15) is 0 Å². The van der Waals surface area contributed by atoms with Gasteiger partial charge < -0.3 is 10.4 Å². The molecule has 0 fully saturated rings. The number of carboxylic acid groups (broad SMARTS) is 1. The van der Waals surface area contributed by atoms with E-state index in [9.17, 15) is 9.90 Å². The maximum absolute atomic E-state index is 11.4. The zero-order chi connectivity index (χ0) is 14.4. The second-order valence-corrected chi connectivity index (χ2v) is 5.32. The predicted molar refractivity (Wildman–Crippen MR) is 78.3 cm³/mol. The van der Waals surface area contributed by atoms with Gasteiger partial charge in [-0.25, -0.2) is 4.79 Å². The third-order valence-corrected chi connectivity index (χ3v) is 3.61. The van der Waals surface area contributed by atoms with Crippen molar-refractivity contribution in [2.24, 2.45) is 0 Å². The van der Waals surface area contributed by atoms with Gasteiger partial charge in [0.05, 0.1) is 18.3 Å². The number of carbonyl (C=O) groups is 1. The minimum absolute atomic E-state index is 0.331. The summed E-state index contributed by atoms with van der Waals surface area (Å²) in [5.74, 6) is -0.0762. The molecule has 0 aliphatic rings. The summed E-state index contributed by atoms with van der Waals surface area (Å²) in [5, 5.41) is 20.1. The number of aromatic nitrogens is 3. The highest BCUT2D eigenvalue weighted by Crippen LogP contribution is 2.28. The molecule has 0 atom stereocenters. The lowest BCUT2D eigenvalue weighted by Gasteiger charge is -2.12. The molecule has 1 aromatic heterocycles. The van der Waals surface area contributed by atoms with Crippen LogP contribution < -0.4 is 5.32 Å². The number of nitrogens with one attached hydrogen (secondary N) is 1. The van der Waals surface area contributed by atoms with Crippen LogP contribution in [0.1, 0.15) is 17.3 Å². The minimum atomic E-state index is -0.912. The number of anilines is 1. The smallest absolute Gasteiger partial charge is 0.338 e. The average molecular weight is 292 g/mol. The fraction of sp³-hybridized carbons (Fsp3) is 0.308. The standard InChI is InChI=1S/C13H16N4O2S/c1-2-20-11-5-3-4-10(12(11)13(18)19)14-6-8-17-9-7-15-16-17/h3-5,7,9,14H,2,6,8H2,1H3,(H,18,19). The molecule has 7 heteroatoms. The van der Waals surface area contributed by atoms with E-state index in [-0.39, 0.29) is 0 Å². The van der Waals surface area contributed by atoms with Crippen molar-refractivity contribution >= 4 is 23.4 Å². The molecule has 0 amide bonds. The SMILES string of the molecule is CCSc1cccc(NCCn2ccnn2)c1C(=O)O. The fourth-order valence-electron chi connectivity index (χ4n) is 1.83. The van der Waals surface area contributed by atoms with Crippen LogP contribution >= 0.6 is 11.8 Å². The molecule has 2 rings (SSSR count). The number of hydrogen-bond acceptors (Lipinski definition) is 5. The van der Waals surface area contributed by atoms with Gasteiger partial charge in [0, 0.05) is 23.3 Å². The molecule has 0 bridgehead atoms. The molecule has 0 radical (unpaired) electrons. The molecule has 0 unspecified atom stereocenters. The van der Waals surface area contributed by atoms with E-state index in [4.69, 9.17) is 0 Å². The van der Waals surface area contributed by atoms with Gasteiger partial charge in [0.15, 0.2) is 0 Å². The Morgan fingerprint density at radius 2 is 2.35 bits per heavy atom. The van der Waals surface area contributed by atoms with Gasteiger partial charge in [-0.05, 0) is 17.9 Å². The highest BCUT2D eigenvalue weighted by Gasteiger charge is 2.15. The van der Waals surface area contributed by atoms with Crippen molar-refractivity contribution in [2.75, 3.05) is 17.6 Å². The first-order valence-electron chi connectivity index (χ1n) is 6.29. The summed E-state index contributed by atoms with van der Waals surface area (Å²) in [7, 11) is 0. The van der Waals surface area contributed by atoms with Crippen molar-refractivity contribution in [3.63, 3.8) is 0 Å². The van der Waals surface area contributed by atoms with E-state index in [0.29, 0.717) is 24.3 Å². The maximum Gasteiger partial charge on any atom is 0.338 e. The van der Waals surface area contributed by atoms with Gasteiger partial charge in [-0.1, -0.05) is 18.2 Å². The lowest BCUT2D eigenvalue weighted by Crippen LogP contribution is -2.14. The van der Waals surface area contributed by atoms with Crippen molar-refractivity contribution in [3.8, 4) is 0 Å². The molecular formula is C13H16N4O2S. The molecule has 20 heavy (non-hydrogen) atoms. The van der Waals surface area contributed by atoms with Crippen LogP contribution in [0.3, 0.4) is 0 Å². The summed E-state index contributed by atoms with van der Waals surface area (Å²) >= 11 is 1.53. The summed E-state index contributed by atoms with van der Waals surface area (Å²) in [6, 6.07) is 5.48. The molecule has 0 saturated heterocycles. The molecule has 1 aromatic carbocycles. The van der Waals surface area contributed by atoms with Crippen molar-refractivity contribution in [1.82, 2.24) is 15.0 Å². The number of aromatic carboxylic acids is 1. The zero-order valence-corrected chi connectivity index (χ0v) is 11.9. The first-order chi connectivity index (χ1) is 9.72. The molecule has 0 aliphatic carbocycles. The van der Waals surface area contributed by atoms with E-state index in [1.807, 2.05) is 19.1 Å². The van der Waals surface area contributed by atoms with Crippen molar-refractivity contribution in [3.05, 3.63) is 36.2 Å². The first-order valence-corrected chi connectivity index (χ1v) is 7.28. The highest BCUT2D eigenvalue weighted by molar-refractivity contribution is 7.99. The van der Waals surface area contributed by atoms with Gasteiger partial charge in [-0.15, -0.1) is 16.9 Å². The number of thioether (sulfide) groups is 1. The van der Waals surface area contributed by atoms with Crippen LogP contribution in [0.5, 0.6) is 0 Å². The van der Waals surface area contributed by atoms with E-state index in [1.165, 1.54) is 11.8 Å². The Balaban J connectivity index is 2.09. The monoisotopic (exact) mass is 292 g/mol. The van der Waals surface area contributed by atoms with Crippen molar-refractivity contribution in [1.29, 1.82) is 0 Å². The predicted octanol–water partition coefficient (Wildman–Crippen LogP) is 2.20. The Kier molecular flexibility index (Phi) is 5.00. The van der Waals surface area contributed by atoms with Crippen LogP contribution in [0, 0.1) is 0 Å². The van der Waals surface area contributed by atoms with Crippen LogP contribution in [0.2, 0.25) is 0 Å². The first kappa shape index (κ1) is 14.4. The van der Waals surface area contributed by atoms with Crippen molar-refractivity contribution < 1.29 is 9.90 Å². The third kappa shape index (κ3) is 3.51. The fourth-order valence-corrected chi connectivity index (χ4v) is 2.66. The maximum atomic E-state index is 11.4. The number of hydrogen-bond donors (Lipinski definition) is 2. The normalized spacial score (nSPS) is 10.4. The molecule has 0 saturated carbocycles. The van der Waals surface area contributed by atoms with E-state index in [2.05, 4.69) is 15.6 Å². The van der Waals surface area contributed by atoms with Crippen LogP contribution in [-0.4, -0.2) is 38.4 Å². The molecule has 2 aromatic rings. The summed E-state index contributed by atoms with van der Waals surface area (Å²) in [6.07, 6.45) is 3.38. The molecule has 6 nitrogen and oxygen atoms in total. The Bertz CT molecular complexity index is 572. The summed E-state index contributed by atoms with van der Waals surface area (Å²) < 4.78 is 1.69. The van der Waals surface area contributed by atoms with E-state index in [1.54, 1.807) is 23.1 Å². The minimum Gasteiger partial charge on any atom is -0.478 e. The Morgan fingerprint density at radius 1 is 1.50 bits per heavy atom. The molecular weight excluding hydrogens is 276 g/mol. The summed E-state index contributed by atoms with van der Waals surface area (Å²) in [6.45, 7) is 3.22. The molecule has 1 heterocycles. The van der Waals surface area contributed by atoms with Crippen LogP contribution in [0.25, 0.3) is 0 Å². The topological polar surface area (TPSA) is 80.0 Å². The van der Waals surface area contributed by atoms with E-state index >= 15 is 0 Å². The number of carboxylic acids is 1. The number of nitrogens with zero attached hydrogens (tertiary/aromatic N) is 3. The summed E-state index contributed by atoms with van der Waals surface area (Å²) in [5.41, 5.74) is 0.967. The average Bonchev–Trinajstić information content (AvgIpc) is 2.92. The van der Waals surface area contributed by atoms with Gasteiger partial charge >= 0.3 is 5.97 Å². The van der Waals surface area contributed by atoms with Gasteiger partial charge in [0.25, 0.3) is 0 Å². The van der Waals surface area contributed by atoms with Crippen LogP contribution in [0.15, 0.2) is 35.5 Å². The van der Waals surface area contributed by atoms with E-state index in [0.717, 1.165) is 10.6 Å².